The molecule has 4 aliphatic carbocycles. The second kappa shape index (κ2) is 10.7. The van der Waals surface area contributed by atoms with Crippen LogP contribution in [0.5, 0.6) is 5.75 Å². The molecular weight excluding hydrogens is 468 g/mol. The third kappa shape index (κ3) is 4.99. The lowest BCUT2D eigenvalue weighted by Gasteiger charge is -2.61. The number of carbonyl (C=O) groups is 1. The Hall–Kier alpha value is -1.71. The van der Waals surface area contributed by atoms with Crippen molar-refractivity contribution in [3.05, 3.63) is 23.8 Å². The van der Waals surface area contributed by atoms with Crippen LogP contribution in [0.15, 0.2) is 18.2 Å². The second-order valence-electron chi connectivity index (χ2n) is 14.9. The summed E-state index contributed by atoms with van der Waals surface area (Å²) in [5.41, 5.74) is 7.52. The molecule has 1 amide bonds. The number of hydrogen-bond donors (Lipinski definition) is 3. The zero-order valence-electron chi connectivity index (χ0n) is 24.8. The molecule has 9 atom stereocenters. The van der Waals surface area contributed by atoms with E-state index >= 15 is 0 Å². The average molecular weight is 523 g/mol. The lowest BCUT2D eigenvalue weighted by molar-refractivity contribution is -0.117. The monoisotopic (exact) mass is 522 g/mol. The van der Waals surface area contributed by atoms with Crippen molar-refractivity contribution >= 4 is 11.6 Å². The molecule has 0 aliphatic heterocycles. The first-order valence-corrected chi connectivity index (χ1v) is 15.9. The number of aromatic hydroxyl groups is 1. The highest BCUT2D eigenvalue weighted by Crippen LogP contribution is 2.68. The number of phenols is 1. The maximum atomic E-state index is 12.9. The van der Waals surface area contributed by atoms with Crippen LogP contribution in [0.4, 0.5) is 5.69 Å². The van der Waals surface area contributed by atoms with E-state index in [1.165, 1.54) is 70.3 Å². The number of anilines is 1. The van der Waals surface area contributed by atoms with Crippen molar-refractivity contribution in [3.8, 4) is 5.75 Å². The zero-order chi connectivity index (χ0) is 27.2. The van der Waals surface area contributed by atoms with Gasteiger partial charge in [0.05, 0.1) is 5.56 Å². The van der Waals surface area contributed by atoms with E-state index in [0.29, 0.717) is 28.0 Å². The first kappa shape index (κ1) is 27.8. The highest BCUT2D eigenvalue weighted by Gasteiger charge is 2.60. The molecule has 0 bridgehead atoms. The van der Waals surface area contributed by atoms with Crippen LogP contribution in [-0.4, -0.2) is 17.1 Å². The van der Waals surface area contributed by atoms with Gasteiger partial charge in [0.25, 0.3) is 5.91 Å². The number of hydrogen-bond acceptors (Lipinski definition) is 3. The fraction of sp³-hybridized carbons (Fsp3) is 0.794. The van der Waals surface area contributed by atoms with Gasteiger partial charge in [-0.25, -0.2) is 0 Å². The molecular formula is C34H54N2O2. The normalized spacial score (nSPS) is 39.2. The summed E-state index contributed by atoms with van der Waals surface area (Å²) >= 11 is 0. The van der Waals surface area contributed by atoms with Gasteiger partial charge in [0, 0.05) is 17.8 Å². The lowest BCUT2D eigenvalue weighted by Crippen LogP contribution is -2.55. The van der Waals surface area contributed by atoms with Crippen molar-refractivity contribution in [1.29, 1.82) is 0 Å². The number of amides is 1. The quantitative estimate of drug-likeness (QED) is 0.316. The van der Waals surface area contributed by atoms with Crippen LogP contribution in [0.3, 0.4) is 0 Å². The number of fused-ring (bicyclic) bond motifs is 5. The highest BCUT2D eigenvalue weighted by atomic mass is 16.3. The van der Waals surface area contributed by atoms with Crippen molar-refractivity contribution < 1.29 is 9.90 Å². The van der Waals surface area contributed by atoms with Gasteiger partial charge < -0.3 is 16.2 Å². The van der Waals surface area contributed by atoms with Crippen LogP contribution in [-0.2, 0) is 0 Å². The topological polar surface area (TPSA) is 75.4 Å². The van der Waals surface area contributed by atoms with Crippen LogP contribution < -0.4 is 11.1 Å². The first-order valence-electron chi connectivity index (χ1n) is 15.9. The number of benzene rings is 1. The van der Waals surface area contributed by atoms with Gasteiger partial charge in [-0.2, -0.15) is 0 Å². The Balaban J connectivity index is 1.22. The molecule has 0 aromatic heterocycles. The highest BCUT2D eigenvalue weighted by molar-refractivity contribution is 5.97. The van der Waals surface area contributed by atoms with Crippen molar-refractivity contribution in [3.63, 3.8) is 0 Å². The summed E-state index contributed by atoms with van der Waals surface area (Å²) in [5.74, 6) is 5.78. The fourth-order valence-electron chi connectivity index (χ4n) is 10.4. The second-order valence-corrected chi connectivity index (χ2v) is 14.9. The summed E-state index contributed by atoms with van der Waals surface area (Å²) in [6.45, 7) is 12.6. The van der Waals surface area contributed by atoms with Crippen LogP contribution >= 0.6 is 0 Å². The van der Waals surface area contributed by atoms with E-state index in [-0.39, 0.29) is 17.7 Å². The smallest absolute Gasteiger partial charge is 0.255 e. The van der Waals surface area contributed by atoms with Crippen LogP contribution in [0.2, 0.25) is 0 Å². The lowest BCUT2D eigenvalue weighted by atomic mass is 9.44. The molecule has 4 fully saturated rings. The number of nitrogens with one attached hydrogen (secondary N) is 1. The molecule has 212 valence electrons. The Kier molecular flexibility index (Phi) is 7.84. The molecule has 1 aromatic rings. The van der Waals surface area contributed by atoms with Crippen LogP contribution in [0.25, 0.3) is 0 Å². The molecule has 4 heteroatoms. The maximum Gasteiger partial charge on any atom is 0.255 e. The first-order chi connectivity index (χ1) is 18.0. The molecule has 4 N–H and O–H groups in total. The van der Waals surface area contributed by atoms with E-state index in [9.17, 15) is 9.90 Å². The van der Waals surface area contributed by atoms with Gasteiger partial charge in [-0.05, 0) is 122 Å². The summed E-state index contributed by atoms with van der Waals surface area (Å²) in [6.07, 6.45) is 16.0. The van der Waals surface area contributed by atoms with E-state index in [1.807, 2.05) is 0 Å². The molecule has 4 saturated carbocycles. The minimum atomic E-state index is -0.169. The summed E-state index contributed by atoms with van der Waals surface area (Å²) in [6, 6.07) is 4.98. The fourth-order valence-corrected chi connectivity index (χ4v) is 10.4. The van der Waals surface area contributed by atoms with Gasteiger partial charge >= 0.3 is 0 Å². The molecule has 0 radical (unpaired) electrons. The van der Waals surface area contributed by atoms with E-state index in [0.717, 1.165) is 48.3 Å². The number of phenolic OH excluding ortho intramolecular Hbond substituents is 1. The predicted octanol–water partition coefficient (Wildman–Crippen LogP) is 8.19. The Morgan fingerprint density at radius 2 is 1.74 bits per heavy atom. The van der Waals surface area contributed by atoms with Gasteiger partial charge in [-0.3, -0.25) is 4.79 Å². The third-order valence-electron chi connectivity index (χ3n) is 12.5. The van der Waals surface area contributed by atoms with Crippen molar-refractivity contribution in [2.45, 2.75) is 118 Å². The van der Waals surface area contributed by atoms with Crippen molar-refractivity contribution in [1.82, 2.24) is 5.32 Å². The Labute approximate surface area is 231 Å². The average Bonchev–Trinajstić information content (AvgIpc) is 3.21. The minimum absolute atomic E-state index is 0.0296. The molecule has 5 rings (SSSR count). The SMILES string of the molecule is CC(C)CCC[C@@H](C)[C@H]1CC[C@H]2[C@@H]3CCC4CC(NC(=O)c5ccc(N)cc5O)CC[C@]4(C)[C@H]3CC[C@]12C. The summed E-state index contributed by atoms with van der Waals surface area (Å²) < 4.78 is 0. The van der Waals surface area contributed by atoms with Crippen molar-refractivity contribution in [2.24, 2.45) is 52.3 Å². The summed E-state index contributed by atoms with van der Waals surface area (Å²) in [4.78, 5) is 12.9. The Bertz CT molecular complexity index is 1010. The molecule has 4 nitrogen and oxygen atoms in total. The standard InChI is InChI=1S/C34H54N2O2/c1-21(2)7-6-8-22(3)28-13-14-29-26-11-9-23-19-25(36-32(38)27-12-10-24(35)20-31(27)37)15-17-33(23,4)30(26)16-18-34(28,29)5/h10,12,20-23,25-26,28-30,37H,6-9,11,13-19,35H2,1-5H3,(H,36,38)/t22-,23?,25?,26+,28-,29+,30+,33+,34-/m1/s1. The van der Waals surface area contributed by atoms with E-state index < -0.39 is 0 Å². The molecule has 38 heavy (non-hydrogen) atoms. The summed E-state index contributed by atoms with van der Waals surface area (Å²) in [5, 5.41) is 13.5. The molecule has 2 unspecified atom stereocenters. The largest absolute Gasteiger partial charge is 0.507 e. The van der Waals surface area contributed by atoms with Gasteiger partial charge in [-0.15, -0.1) is 0 Å². The third-order valence-corrected chi connectivity index (χ3v) is 12.5. The minimum Gasteiger partial charge on any atom is -0.507 e. The van der Waals surface area contributed by atoms with E-state index in [1.54, 1.807) is 12.1 Å². The molecule has 1 aromatic carbocycles. The van der Waals surface area contributed by atoms with E-state index in [4.69, 9.17) is 5.73 Å². The molecule has 0 spiro atoms. The molecule has 0 saturated heterocycles. The van der Waals surface area contributed by atoms with E-state index in [2.05, 4.69) is 39.9 Å². The molecule has 0 heterocycles. The maximum absolute atomic E-state index is 12.9. The van der Waals surface area contributed by atoms with Crippen LogP contribution in [0.1, 0.15) is 122 Å². The number of nitrogens with two attached hydrogens (primary N) is 1. The predicted molar refractivity (Wildman–Crippen MR) is 157 cm³/mol. The van der Waals surface area contributed by atoms with Gasteiger partial charge in [0.1, 0.15) is 5.75 Å². The van der Waals surface area contributed by atoms with Crippen molar-refractivity contribution in [2.75, 3.05) is 5.73 Å². The van der Waals surface area contributed by atoms with Gasteiger partial charge in [0.2, 0.25) is 0 Å². The van der Waals surface area contributed by atoms with Gasteiger partial charge in [0.15, 0.2) is 0 Å². The van der Waals surface area contributed by atoms with Gasteiger partial charge in [-0.1, -0.05) is 53.9 Å². The number of rotatable bonds is 7. The Morgan fingerprint density at radius 3 is 2.47 bits per heavy atom. The molecule has 4 aliphatic rings. The number of carbonyl (C=O) groups excluding carboxylic acids is 1. The number of nitrogen functional groups attached to an aromatic ring is 1. The van der Waals surface area contributed by atoms with Crippen LogP contribution in [0, 0.1) is 52.3 Å². The summed E-state index contributed by atoms with van der Waals surface area (Å²) in [7, 11) is 0. The Morgan fingerprint density at radius 1 is 1.00 bits per heavy atom. The zero-order valence-corrected chi connectivity index (χ0v) is 24.8.